The van der Waals surface area contributed by atoms with Crippen molar-refractivity contribution in [2.75, 3.05) is 11.9 Å². The molecule has 1 aliphatic rings. The van der Waals surface area contributed by atoms with Gasteiger partial charge in [-0.25, -0.2) is 4.98 Å². The number of nitrogens with one attached hydrogen (secondary N) is 1. The number of likely N-dealkylation sites (tertiary alicyclic amines) is 1. The van der Waals surface area contributed by atoms with Gasteiger partial charge >= 0.3 is 0 Å². The zero-order valence-corrected chi connectivity index (χ0v) is 16.1. The number of amides is 2. The summed E-state index contributed by atoms with van der Waals surface area (Å²) in [6, 6.07) is 4.00. The monoisotopic (exact) mass is 411 g/mol. The van der Waals surface area contributed by atoms with Crippen molar-refractivity contribution in [3.05, 3.63) is 44.9 Å². The summed E-state index contributed by atoms with van der Waals surface area (Å²) in [5, 5.41) is 5.34. The number of ketones is 1. The fraction of sp³-hybridized carbons (Fsp3) is 0.294. The van der Waals surface area contributed by atoms with Crippen molar-refractivity contribution in [3.8, 4) is 0 Å². The Morgan fingerprint density at radius 2 is 1.92 bits per heavy atom. The molecule has 1 aliphatic heterocycles. The van der Waals surface area contributed by atoms with Crippen LogP contribution in [0.5, 0.6) is 0 Å². The normalized spacial score (nSPS) is 16.6. The van der Waals surface area contributed by atoms with E-state index in [-0.39, 0.29) is 17.6 Å². The Balaban J connectivity index is 1.75. The second-order valence-electron chi connectivity index (χ2n) is 5.90. The molecule has 6 nitrogen and oxygen atoms in total. The number of halogens is 2. The van der Waals surface area contributed by atoms with Crippen molar-refractivity contribution in [2.24, 2.45) is 0 Å². The zero-order chi connectivity index (χ0) is 18.8. The van der Waals surface area contributed by atoms with Crippen LogP contribution in [0.2, 0.25) is 10.0 Å². The fourth-order valence-electron chi connectivity index (χ4n) is 2.81. The number of thiazole rings is 1. The Kier molecular flexibility index (Phi) is 5.60. The second-order valence-corrected chi connectivity index (χ2v) is 7.63. The van der Waals surface area contributed by atoms with Crippen molar-refractivity contribution in [3.63, 3.8) is 0 Å². The molecule has 1 aromatic heterocycles. The highest BCUT2D eigenvalue weighted by Crippen LogP contribution is 2.25. The Labute approximate surface area is 164 Å². The van der Waals surface area contributed by atoms with Gasteiger partial charge in [-0.15, -0.1) is 11.3 Å². The Morgan fingerprint density at radius 3 is 2.54 bits per heavy atom. The lowest BCUT2D eigenvalue weighted by Crippen LogP contribution is -2.43. The van der Waals surface area contributed by atoms with Crippen LogP contribution in [0.4, 0.5) is 5.13 Å². The molecule has 0 spiro atoms. The number of hydrogen-bond acceptors (Lipinski definition) is 5. The largest absolute Gasteiger partial charge is 0.327 e. The molecule has 9 heteroatoms. The lowest BCUT2D eigenvalue weighted by Gasteiger charge is -2.23. The van der Waals surface area contributed by atoms with Gasteiger partial charge in [0.25, 0.3) is 5.91 Å². The minimum atomic E-state index is -0.607. The predicted octanol–water partition coefficient (Wildman–Crippen LogP) is 3.90. The van der Waals surface area contributed by atoms with E-state index in [9.17, 15) is 14.4 Å². The maximum Gasteiger partial charge on any atom is 0.254 e. The van der Waals surface area contributed by atoms with Gasteiger partial charge in [0.15, 0.2) is 10.9 Å². The van der Waals surface area contributed by atoms with Gasteiger partial charge in [0.05, 0.1) is 0 Å². The van der Waals surface area contributed by atoms with Crippen LogP contribution in [0.15, 0.2) is 23.6 Å². The molecule has 1 saturated heterocycles. The van der Waals surface area contributed by atoms with Gasteiger partial charge in [0, 0.05) is 34.5 Å². The molecule has 1 unspecified atom stereocenters. The molecule has 1 fully saturated rings. The number of nitrogens with zero attached hydrogens (tertiary/aromatic N) is 2. The highest BCUT2D eigenvalue weighted by molar-refractivity contribution is 7.14. The second kappa shape index (κ2) is 7.73. The maximum absolute atomic E-state index is 12.8. The van der Waals surface area contributed by atoms with Crippen molar-refractivity contribution in [1.82, 2.24) is 9.88 Å². The highest BCUT2D eigenvalue weighted by Gasteiger charge is 2.35. The fourth-order valence-corrected chi connectivity index (χ4v) is 4.09. The van der Waals surface area contributed by atoms with Gasteiger partial charge in [-0.1, -0.05) is 23.2 Å². The van der Waals surface area contributed by atoms with Gasteiger partial charge in [0.1, 0.15) is 11.7 Å². The first-order chi connectivity index (χ1) is 12.3. The molecule has 0 bridgehead atoms. The number of benzene rings is 1. The number of carbonyl (C=O) groups excluding carboxylic acids is 3. The van der Waals surface area contributed by atoms with Crippen LogP contribution in [-0.2, 0) is 4.79 Å². The summed E-state index contributed by atoms with van der Waals surface area (Å²) in [4.78, 5) is 42.3. The van der Waals surface area contributed by atoms with Crippen LogP contribution in [-0.4, -0.2) is 40.1 Å². The highest BCUT2D eigenvalue weighted by atomic mass is 35.5. The van der Waals surface area contributed by atoms with Crippen LogP contribution in [0.25, 0.3) is 0 Å². The van der Waals surface area contributed by atoms with Gasteiger partial charge in [-0.2, -0.15) is 0 Å². The lowest BCUT2D eigenvalue weighted by molar-refractivity contribution is -0.119. The van der Waals surface area contributed by atoms with Crippen molar-refractivity contribution < 1.29 is 14.4 Å². The van der Waals surface area contributed by atoms with Crippen LogP contribution < -0.4 is 5.32 Å². The molecule has 26 heavy (non-hydrogen) atoms. The smallest absolute Gasteiger partial charge is 0.254 e. The van der Waals surface area contributed by atoms with E-state index in [2.05, 4.69) is 10.3 Å². The first-order valence-corrected chi connectivity index (χ1v) is 9.53. The summed E-state index contributed by atoms with van der Waals surface area (Å²) in [7, 11) is 0. The van der Waals surface area contributed by atoms with E-state index in [1.165, 1.54) is 35.3 Å². The molecular weight excluding hydrogens is 397 g/mol. The number of Topliss-reactive ketones (excluding diaryl/α,β-unsaturated/α-hetero) is 1. The van der Waals surface area contributed by atoms with E-state index in [1.54, 1.807) is 11.4 Å². The number of carbonyl (C=O) groups is 3. The lowest BCUT2D eigenvalue weighted by atomic mass is 10.1. The molecule has 1 aromatic carbocycles. The van der Waals surface area contributed by atoms with Crippen molar-refractivity contribution >= 4 is 57.3 Å². The van der Waals surface area contributed by atoms with E-state index in [0.717, 1.165) is 0 Å². The average Bonchev–Trinajstić information content (AvgIpc) is 3.22. The SMILES string of the molecule is CC(=O)c1csc(NC(=O)C2CCCN2C(=O)c2cc(Cl)cc(Cl)c2)n1. The molecule has 0 saturated carbocycles. The summed E-state index contributed by atoms with van der Waals surface area (Å²) in [5.41, 5.74) is 0.647. The quantitative estimate of drug-likeness (QED) is 0.773. The Hall–Kier alpha value is -1.96. The standard InChI is InChI=1S/C17H15Cl2N3O3S/c1-9(23)13-8-26-17(20-13)21-15(24)14-3-2-4-22(14)16(25)10-5-11(18)7-12(19)6-10/h5-8,14H,2-4H2,1H3,(H,20,21,24). The van der Waals surface area contributed by atoms with Crippen LogP contribution in [0.3, 0.4) is 0 Å². The number of rotatable bonds is 4. The molecule has 3 rings (SSSR count). The molecule has 2 aromatic rings. The predicted molar refractivity (Wildman–Crippen MR) is 101 cm³/mol. The first kappa shape index (κ1) is 18.8. The minimum Gasteiger partial charge on any atom is -0.327 e. The van der Waals surface area contributed by atoms with Gasteiger partial charge in [-0.3, -0.25) is 14.4 Å². The van der Waals surface area contributed by atoms with E-state index >= 15 is 0 Å². The van der Waals surface area contributed by atoms with Crippen LogP contribution in [0.1, 0.15) is 40.6 Å². The minimum absolute atomic E-state index is 0.169. The third kappa shape index (κ3) is 4.06. The van der Waals surface area contributed by atoms with Crippen LogP contribution >= 0.6 is 34.5 Å². The van der Waals surface area contributed by atoms with E-state index in [1.807, 2.05) is 0 Å². The molecular formula is C17H15Cl2N3O3S. The zero-order valence-electron chi connectivity index (χ0n) is 13.8. The maximum atomic E-state index is 12.8. The Bertz CT molecular complexity index is 864. The summed E-state index contributed by atoms with van der Waals surface area (Å²) >= 11 is 13.1. The first-order valence-electron chi connectivity index (χ1n) is 7.89. The molecule has 0 aliphatic carbocycles. The summed E-state index contributed by atoms with van der Waals surface area (Å²) < 4.78 is 0. The van der Waals surface area contributed by atoms with E-state index < -0.39 is 6.04 Å². The molecule has 1 atom stereocenters. The number of hydrogen-bond donors (Lipinski definition) is 1. The van der Waals surface area contributed by atoms with Gasteiger partial charge in [-0.05, 0) is 31.0 Å². The summed E-state index contributed by atoms with van der Waals surface area (Å²) in [5.74, 6) is -0.790. The van der Waals surface area contributed by atoms with Gasteiger partial charge in [0.2, 0.25) is 5.91 Å². The van der Waals surface area contributed by atoms with Crippen molar-refractivity contribution in [1.29, 1.82) is 0 Å². The molecule has 0 radical (unpaired) electrons. The van der Waals surface area contributed by atoms with E-state index in [0.29, 0.717) is 45.8 Å². The summed E-state index contributed by atoms with van der Waals surface area (Å²) in [6.07, 6.45) is 1.27. The third-order valence-electron chi connectivity index (χ3n) is 4.02. The third-order valence-corrected chi connectivity index (χ3v) is 5.22. The van der Waals surface area contributed by atoms with Gasteiger partial charge < -0.3 is 10.2 Å². The van der Waals surface area contributed by atoms with Crippen LogP contribution in [0, 0.1) is 0 Å². The molecule has 1 N–H and O–H groups in total. The van der Waals surface area contributed by atoms with E-state index in [4.69, 9.17) is 23.2 Å². The molecule has 2 amide bonds. The molecule has 136 valence electrons. The summed E-state index contributed by atoms with van der Waals surface area (Å²) in [6.45, 7) is 1.88. The topological polar surface area (TPSA) is 79.4 Å². The number of aromatic nitrogens is 1. The Morgan fingerprint density at radius 1 is 1.23 bits per heavy atom. The van der Waals surface area contributed by atoms with Crippen molar-refractivity contribution in [2.45, 2.75) is 25.8 Å². The molecule has 2 heterocycles. The number of anilines is 1. The average molecular weight is 412 g/mol.